The van der Waals surface area contributed by atoms with E-state index in [1.54, 1.807) is 30.3 Å². The van der Waals surface area contributed by atoms with Gasteiger partial charge in [-0.1, -0.05) is 12.1 Å². The topological polar surface area (TPSA) is 63.2 Å². The Bertz CT molecular complexity index is 803. The van der Waals surface area contributed by atoms with Gasteiger partial charge in [-0.2, -0.15) is 0 Å². The van der Waals surface area contributed by atoms with Crippen LogP contribution in [0.4, 0.5) is 4.39 Å². The van der Waals surface area contributed by atoms with Gasteiger partial charge in [-0.15, -0.1) is 0 Å². The smallest absolute Gasteiger partial charge is 0.330 e. The average molecular weight is 376 g/mol. The van der Waals surface area contributed by atoms with Crippen molar-refractivity contribution in [1.82, 2.24) is 0 Å². The lowest BCUT2D eigenvalue weighted by molar-refractivity contribution is -0.138. The number of hydrogen-bond acceptors (Lipinski definition) is 6. The minimum Gasteiger partial charge on any atom is -0.496 e. The van der Waals surface area contributed by atoms with Crippen LogP contribution in [0.15, 0.2) is 42.5 Å². The minimum absolute atomic E-state index is 0.0133. The van der Waals surface area contributed by atoms with Crippen molar-refractivity contribution in [2.75, 3.05) is 34.5 Å². The Hall–Kier alpha value is -3.22. The van der Waals surface area contributed by atoms with Crippen molar-refractivity contribution in [1.29, 1.82) is 0 Å². The third-order valence-electron chi connectivity index (χ3n) is 3.56. The normalized spacial score (nSPS) is 10.5. The van der Waals surface area contributed by atoms with E-state index in [2.05, 4.69) is 0 Å². The zero-order valence-electron chi connectivity index (χ0n) is 15.4. The Morgan fingerprint density at radius 1 is 0.926 bits per heavy atom. The molecule has 0 aliphatic heterocycles. The Morgan fingerprint density at radius 2 is 1.59 bits per heavy atom. The molecule has 0 N–H and O–H groups in total. The van der Waals surface area contributed by atoms with Crippen LogP contribution >= 0.6 is 0 Å². The predicted octanol–water partition coefficient (Wildman–Crippen LogP) is 3.49. The van der Waals surface area contributed by atoms with Crippen LogP contribution in [0.3, 0.4) is 0 Å². The summed E-state index contributed by atoms with van der Waals surface area (Å²) in [7, 11) is 4.55. The average Bonchev–Trinajstić information content (AvgIpc) is 2.70. The number of benzene rings is 2. The van der Waals surface area contributed by atoms with Gasteiger partial charge in [-0.3, -0.25) is 0 Å². The van der Waals surface area contributed by atoms with E-state index in [1.165, 1.54) is 39.5 Å². The van der Waals surface area contributed by atoms with Gasteiger partial charge in [0.1, 0.15) is 19.0 Å². The molecule has 27 heavy (non-hydrogen) atoms. The number of ether oxygens (including phenoxy) is 5. The molecule has 0 unspecified atom stereocenters. The second-order valence-corrected chi connectivity index (χ2v) is 5.23. The van der Waals surface area contributed by atoms with Gasteiger partial charge in [-0.05, 0) is 24.3 Å². The molecule has 7 heteroatoms. The van der Waals surface area contributed by atoms with Crippen LogP contribution in [0, 0.1) is 5.82 Å². The van der Waals surface area contributed by atoms with E-state index in [0.29, 0.717) is 22.8 Å². The summed E-state index contributed by atoms with van der Waals surface area (Å²) in [5, 5.41) is 0. The molecule has 144 valence electrons. The summed E-state index contributed by atoms with van der Waals surface area (Å²) < 4.78 is 39.4. The molecule has 6 nitrogen and oxygen atoms in total. The fraction of sp³-hybridized carbons (Fsp3) is 0.250. The number of carbonyl (C=O) groups excluding carboxylic acids is 1. The van der Waals surface area contributed by atoms with E-state index in [-0.39, 0.29) is 19.0 Å². The summed E-state index contributed by atoms with van der Waals surface area (Å²) in [6.07, 6.45) is 2.80. The van der Waals surface area contributed by atoms with Crippen molar-refractivity contribution in [2.45, 2.75) is 0 Å². The van der Waals surface area contributed by atoms with Gasteiger partial charge < -0.3 is 23.7 Å². The van der Waals surface area contributed by atoms with Crippen molar-refractivity contribution in [2.24, 2.45) is 0 Å². The number of hydrogen-bond donors (Lipinski definition) is 0. The molecule has 0 heterocycles. The van der Waals surface area contributed by atoms with Gasteiger partial charge in [0.2, 0.25) is 0 Å². The van der Waals surface area contributed by atoms with Gasteiger partial charge in [0.25, 0.3) is 0 Å². The Morgan fingerprint density at radius 3 is 2.26 bits per heavy atom. The van der Waals surface area contributed by atoms with E-state index >= 15 is 0 Å². The zero-order valence-corrected chi connectivity index (χ0v) is 15.4. The van der Waals surface area contributed by atoms with Crippen LogP contribution in [-0.4, -0.2) is 40.5 Å². The second-order valence-electron chi connectivity index (χ2n) is 5.23. The molecule has 0 saturated carbocycles. The van der Waals surface area contributed by atoms with Gasteiger partial charge in [0.05, 0.1) is 21.3 Å². The van der Waals surface area contributed by atoms with E-state index in [4.69, 9.17) is 23.7 Å². The maximum atomic E-state index is 13.4. The number of methoxy groups -OCH3 is 3. The van der Waals surface area contributed by atoms with Crippen LogP contribution < -0.4 is 18.9 Å². The first-order valence-electron chi connectivity index (χ1n) is 8.11. The third kappa shape index (κ3) is 5.64. The summed E-state index contributed by atoms with van der Waals surface area (Å²) in [6.45, 7) is 0.0285. The van der Waals surface area contributed by atoms with Crippen LogP contribution in [0.2, 0.25) is 0 Å². The molecule has 2 aromatic rings. The molecule has 0 spiro atoms. The van der Waals surface area contributed by atoms with Crippen molar-refractivity contribution in [3.8, 4) is 23.0 Å². The van der Waals surface area contributed by atoms with E-state index in [9.17, 15) is 9.18 Å². The summed E-state index contributed by atoms with van der Waals surface area (Å²) in [5.74, 6) is 0.607. The second kappa shape index (κ2) is 10.1. The summed E-state index contributed by atoms with van der Waals surface area (Å²) in [5.41, 5.74) is 0.620. The molecule has 0 atom stereocenters. The molecular formula is C20H21FO6. The highest BCUT2D eigenvalue weighted by Crippen LogP contribution is 2.35. The number of halogens is 1. The highest BCUT2D eigenvalue weighted by Gasteiger charge is 2.10. The highest BCUT2D eigenvalue weighted by molar-refractivity contribution is 5.87. The maximum Gasteiger partial charge on any atom is 0.330 e. The molecule has 0 radical (unpaired) electrons. The first-order chi connectivity index (χ1) is 13.1. The quantitative estimate of drug-likeness (QED) is 0.379. The van der Waals surface area contributed by atoms with Gasteiger partial charge >= 0.3 is 5.97 Å². The molecule has 0 aromatic heterocycles. The van der Waals surface area contributed by atoms with Gasteiger partial charge in [-0.25, -0.2) is 9.18 Å². The van der Waals surface area contributed by atoms with E-state index < -0.39 is 11.8 Å². The maximum absolute atomic E-state index is 13.4. The van der Waals surface area contributed by atoms with Crippen LogP contribution in [0.1, 0.15) is 5.56 Å². The number of carbonyl (C=O) groups is 1. The van der Waals surface area contributed by atoms with E-state index in [1.807, 2.05) is 0 Å². The lowest BCUT2D eigenvalue weighted by Gasteiger charge is -2.12. The van der Waals surface area contributed by atoms with Crippen LogP contribution in [-0.2, 0) is 9.53 Å². The predicted molar refractivity (Wildman–Crippen MR) is 98.0 cm³/mol. The number of rotatable bonds is 9. The first-order valence-corrected chi connectivity index (χ1v) is 8.11. The SMILES string of the molecule is COc1cc(OC)c(OC)cc1/C=C/C(=O)OCCOc1ccccc1F. The van der Waals surface area contributed by atoms with E-state index in [0.717, 1.165) is 0 Å². The molecule has 0 aliphatic rings. The lowest BCUT2D eigenvalue weighted by Crippen LogP contribution is -2.10. The first kappa shape index (κ1) is 20.1. The molecule has 0 aliphatic carbocycles. The molecule has 2 rings (SSSR count). The third-order valence-corrected chi connectivity index (χ3v) is 3.56. The highest BCUT2D eigenvalue weighted by atomic mass is 19.1. The molecule has 0 amide bonds. The Balaban J connectivity index is 1.91. The van der Waals surface area contributed by atoms with Crippen molar-refractivity contribution in [3.63, 3.8) is 0 Å². The standard InChI is InChI=1S/C20H21FO6/c1-23-17-13-19(25-3)18(24-2)12-14(17)8-9-20(22)27-11-10-26-16-7-5-4-6-15(16)21/h4-9,12-13H,10-11H2,1-3H3/b9-8+. The zero-order chi connectivity index (χ0) is 19.6. The van der Waals surface area contributed by atoms with Crippen LogP contribution in [0.5, 0.6) is 23.0 Å². The number of para-hydroxylation sites is 1. The molecule has 0 saturated heterocycles. The minimum atomic E-state index is -0.566. The van der Waals surface area contributed by atoms with Gasteiger partial charge in [0.15, 0.2) is 23.1 Å². The fourth-order valence-corrected chi connectivity index (χ4v) is 2.24. The van der Waals surface area contributed by atoms with Crippen LogP contribution in [0.25, 0.3) is 6.08 Å². The summed E-state index contributed by atoms with van der Waals surface area (Å²) >= 11 is 0. The summed E-state index contributed by atoms with van der Waals surface area (Å²) in [6, 6.07) is 9.36. The molecular weight excluding hydrogens is 355 g/mol. The van der Waals surface area contributed by atoms with Gasteiger partial charge in [0, 0.05) is 17.7 Å². The Labute approximate surface area is 157 Å². The van der Waals surface area contributed by atoms with Crippen molar-refractivity contribution < 1.29 is 32.9 Å². The monoisotopic (exact) mass is 376 g/mol. The molecule has 0 fully saturated rings. The molecule has 0 bridgehead atoms. The van der Waals surface area contributed by atoms with Crippen molar-refractivity contribution in [3.05, 3.63) is 53.9 Å². The lowest BCUT2D eigenvalue weighted by atomic mass is 10.1. The molecule has 2 aromatic carbocycles. The summed E-state index contributed by atoms with van der Waals surface area (Å²) in [4.78, 5) is 11.8. The fourth-order valence-electron chi connectivity index (χ4n) is 2.24. The largest absolute Gasteiger partial charge is 0.496 e. The Kier molecular flexibility index (Phi) is 7.49. The van der Waals surface area contributed by atoms with Crippen molar-refractivity contribution >= 4 is 12.0 Å². The number of esters is 1.